The molecule has 2 aromatic rings. The minimum absolute atomic E-state index is 0.135. The minimum atomic E-state index is -3.72. The molecule has 0 amide bonds. The Bertz CT molecular complexity index is 665. The van der Waals surface area contributed by atoms with Crippen LogP contribution in [-0.2, 0) is 16.6 Å². The fourth-order valence-corrected chi connectivity index (χ4v) is 3.19. The molecule has 0 saturated carbocycles. The topological polar surface area (TPSA) is 85.3 Å². The fourth-order valence-electron chi connectivity index (χ4n) is 1.54. The van der Waals surface area contributed by atoms with E-state index in [0.29, 0.717) is 11.4 Å². The zero-order valence-electron chi connectivity index (χ0n) is 10.3. The molecule has 0 spiro atoms. The zero-order valence-corrected chi connectivity index (χ0v) is 11.9. The number of rotatable bonds is 5. The van der Waals surface area contributed by atoms with E-state index in [9.17, 15) is 8.42 Å². The maximum atomic E-state index is 12.1. The third-order valence-corrected chi connectivity index (χ3v) is 4.49. The molecule has 0 unspecified atom stereocenters. The third-order valence-electron chi connectivity index (χ3n) is 2.45. The maximum absolute atomic E-state index is 12.1. The normalized spacial score (nSPS) is 11.5. The average Bonchev–Trinajstić information content (AvgIpc) is 2.88. The number of sulfonamides is 1. The van der Waals surface area contributed by atoms with Crippen molar-refractivity contribution in [1.29, 1.82) is 0 Å². The van der Waals surface area contributed by atoms with Crippen molar-refractivity contribution in [2.24, 2.45) is 5.73 Å². The Morgan fingerprint density at radius 3 is 2.63 bits per heavy atom. The molecule has 3 N–H and O–H groups in total. The predicted molar refractivity (Wildman–Crippen MR) is 75.6 cm³/mol. The Kier molecular flexibility index (Phi) is 4.18. The van der Waals surface area contributed by atoms with Gasteiger partial charge in [0, 0.05) is 4.90 Å². The van der Waals surface area contributed by atoms with Crippen molar-refractivity contribution in [1.82, 2.24) is 0 Å². The van der Waals surface area contributed by atoms with Crippen LogP contribution in [0, 0.1) is 0 Å². The first-order valence-electron chi connectivity index (χ1n) is 5.51. The quantitative estimate of drug-likeness (QED) is 0.827. The van der Waals surface area contributed by atoms with Crippen molar-refractivity contribution in [2.45, 2.75) is 16.5 Å². The molecule has 0 radical (unpaired) electrons. The van der Waals surface area contributed by atoms with Crippen LogP contribution in [0.5, 0.6) is 0 Å². The highest BCUT2D eigenvalue weighted by Crippen LogP contribution is 2.27. The lowest BCUT2D eigenvalue weighted by Gasteiger charge is -2.09. The summed E-state index contributed by atoms with van der Waals surface area (Å²) in [7, 11) is -3.72. The molecule has 0 aliphatic carbocycles. The van der Waals surface area contributed by atoms with Gasteiger partial charge in [0.2, 0.25) is 5.09 Å². The number of benzene rings is 1. The van der Waals surface area contributed by atoms with Gasteiger partial charge in [-0.1, -0.05) is 12.1 Å². The first-order chi connectivity index (χ1) is 9.06. The number of para-hydroxylation sites is 1. The number of hydrogen-bond acceptors (Lipinski definition) is 5. The Morgan fingerprint density at radius 1 is 1.26 bits per heavy atom. The third kappa shape index (κ3) is 3.12. The van der Waals surface area contributed by atoms with Crippen LogP contribution in [0.15, 0.2) is 50.8 Å². The Labute approximate surface area is 116 Å². The van der Waals surface area contributed by atoms with Gasteiger partial charge in [0.15, 0.2) is 0 Å². The van der Waals surface area contributed by atoms with E-state index in [0.717, 1.165) is 4.90 Å². The van der Waals surface area contributed by atoms with E-state index in [2.05, 4.69) is 4.72 Å². The van der Waals surface area contributed by atoms with Crippen LogP contribution in [0.1, 0.15) is 5.76 Å². The molecule has 0 atom stereocenters. The van der Waals surface area contributed by atoms with Crippen molar-refractivity contribution < 1.29 is 12.8 Å². The maximum Gasteiger partial charge on any atom is 0.295 e. The molecular weight excluding hydrogens is 284 g/mol. The molecule has 1 aromatic heterocycles. The lowest BCUT2D eigenvalue weighted by atomic mass is 10.3. The van der Waals surface area contributed by atoms with E-state index in [1.165, 1.54) is 17.8 Å². The minimum Gasteiger partial charge on any atom is -0.446 e. The number of thioether (sulfide) groups is 1. The zero-order chi connectivity index (χ0) is 13.9. The van der Waals surface area contributed by atoms with Crippen LogP contribution < -0.4 is 10.5 Å². The van der Waals surface area contributed by atoms with E-state index in [-0.39, 0.29) is 11.6 Å². The highest BCUT2D eigenvalue weighted by Gasteiger charge is 2.19. The summed E-state index contributed by atoms with van der Waals surface area (Å²) in [4.78, 5) is 0.844. The van der Waals surface area contributed by atoms with Crippen molar-refractivity contribution in [3.05, 3.63) is 42.2 Å². The lowest BCUT2D eigenvalue weighted by molar-refractivity contribution is 0.417. The van der Waals surface area contributed by atoms with Crippen LogP contribution >= 0.6 is 11.8 Å². The summed E-state index contributed by atoms with van der Waals surface area (Å²) in [6, 6.07) is 10.1. The summed E-state index contributed by atoms with van der Waals surface area (Å²) < 4.78 is 32.0. The highest BCUT2D eigenvalue weighted by atomic mass is 32.2. The van der Waals surface area contributed by atoms with E-state index >= 15 is 0 Å². The van der Waals surface area contributed by atoms with Gasteiger partial charge >= 0.3 is 0 Å². The van der Waals surface area contributed by atoms with Gasteiger partial charge in [-0.05, 0) is 30.5 Å². The number of anilines is 1. The van der Waals surface area contributed by atoms with Gasteiger partial charge in [-0.25, -0.2) is 0 Å². The smallest absolute Gasteiger partial charge is 0.295 e. The summed E-state index contributed by atoms with van der Waals surface area (Å²) in [5.41, 5.74) is 5.92. The van der Waals surface area contributed by atoms with Gasteiger partial charge in [-0.2, -0.15) is 8.42 Å². The molecule has 0 aliphatic rings. The molecule has 19 heavy (non-hydrogen) atoms. The standard InChI is InChI=1S/C12H14N2O3S2/c1-18-11-5-3-2-4-10(11)14-19(15,16)12-7-6-9(8-13)17-12/h2-7,14H,8,13H2,1H3. The number of furan rings is 1. The summed E-state index contributed by atoms with van der Waals surface area (Å²) in [5.74, 6) is 0.429. The summed E-state index contributed by atoms with van der Waals surface area (Å²) >= 11 is 1.46. The molecule has 1 aromatic carbocycles. The average molecular weight is 298 g/mol. The first kappa shape index (κ1) is 14.0. The second kappa shape index (κ2) is 5.68. The second-order valence-corrected chi connectivity index (χ2v) is 6.19. The van der Waals surface area contributed by atoms with Crippen LogP contribution in [0.4, 0.5) is 5.69 Å². The Balaban J connectivity index is 2.31. The van der Waals surface area contributed by atoms with E-state index in [1.54, 1.807) is 18.2 Å². The van der Waals surface area contributed by atoms with Crippen molar-refractivity contribution in [2.75, 3.05) is 11.0 Å². The largest absolute Gasteiger partial charge is 0.446 e. The monoisotopic (exact) mass is 298 g/mol. The molecule has 2 rings (SSSR count). The van der Waals surface area contributed by atoms with Crippen LogP contribution in [0.3, 0.4) is 0 Å². The van der Waals surface area contributed by atoms with Gasteiger partial charge in [0.1, 0.15) is 5.76 Å². The van der Waals surface area contributed by atoms with E-state index < -0.39 is 10.0 Å². The summed E-state index contributed by atoms with van der Waals surface area (Å²) in [5, 5.41) is -0.135. The van der Waals surface area contributed by atoms with E-state index in [4.69, 9.17) is 10.2 Å². The number of nitrogens with two attached hydrogens (primary N) is 1. The molecule has 5 nitrogen and oxygen atoms in total. The second-order valence-electron chi connectivity index (χ2n) is 3.73. The van der Waals surface area contributed by atoms with Gasteiger partial charge in [0.25, 0.3) is 10.0 Å². The highest BCUT2D eigenvalue weighted by molar-refractivity contribution is 7.99. The number of hydrogen-bond donors (Lipinski definition) is 2. The summed E-state index contributed by atoms with van der Waals surface area (Å²) in [6.45, 7) is 0.164. The van der Waals surface area contributed by atoms with Crippen LogP contribution in [0.25, 0.3) is 0 Å². The summed E-state index contributed by atoms with van der Waals surface area (Å²) in [6.07, 6.45) is 1.88. The number of nitrogens with one attached hydrogen (secondary N) is 1. The molecule has 0 fully saturated rings. The fraction of sp³-hybridized carbons (Fsp3) is 0.167. The van der Waals surface area contributed by atoms with Crippen LogP contribution in [0.2, 0.25) is 0 Å². The first-order valence-corrected chi connectivity index (χ1v) is 8.22. The van der Waals surface area contributed by atoms with Gasteiger partial charge < -0.3 is 10.2 Å². The lowest BCUT2D eigenvalue weighted by Crippen LogP contribution is -2.12. The SMILES string of the molecule is CSc1ccccc1NS(=O)(=O)c1ccc(CN)o1. The van der Waals surface area contributed by atoms with Gasteiger partial charge in [-0.15, -0.1) is 11.8 Å². The molecule has 7 heteroatoms. The van der Waals surface area contributed by atoms with E-state index in [1.807, 2.05) is 18.4 Å². The van der Waals surface area contributed by atoms with Crippen molar-refractivity contribution >= 4 is 27.5 Å². The van der Waals surface area contributed by atoms with Crippen molar-refractivity contribution in [3.63, 3.8) is 0 Å². The molecule has 0 bridgehead atoms. The molecule has 0 aliphatic heterocycles. The molecule has 1 heterocycles. The van der Waals surface area contributed by atoms with Gasteiger partial charge in [0.05, 0.1) is 12.2 Å². The molecular formula is C12H14N2O3S2. The molecule has 0 saturated heterocycles. The van der Waals surface area contributed by atoms with Crippen molar-refractivity contribution in [3.8, 4) is 0 Å². The van der Waals surface area contributed by atoms with Crippen LogP contribution in [-0.4, -0.2) is 14.7 Å². The predicted octanol–water partition coefficient (Wildman–Crippen LogP) is 2.26. The molecule has 102 valence electrons. The Morgan fingerprint density at radius 2 is 2.00 bits per heavy atom. The Hall–Kier alpha value is -1.44. The van der Waals surface area contributed by atoms with Gasteiger partial charge in [-0.3, -0.25) is 4.72 Å².